The lowest BCUT2D eigenvalue weighted by Crippen LogP contribution is -2.58. The molecule has 0 bridgehead atoms. The van der Waals surface area contributed by atoms with Gasteiger partial charge in [-0.2, -0.15) is 0 Å². The fourth-order valence-corrected chi connectivity index (χ4v) is 3.63. The van der Waals surface area contributed by atoms with E-state index in [1.807, 2.05) is 0 Å². The summed E-state index contributed by atoms with van der Waals surface area (Å²) in [7, 11) is 3.11. The van der Waals surface area contributed by atoms with E-state index in [0.29, 0.717) is 0 Å². The van der Waals surface area contributed by atoms with Gasteiger partial charge in [-0.1, -0.05) is 70.6 Å². The summed E-state index contributed by atoms with van der Waals surface area (Å²) in [6.07, 6.45) is 17.7. The molecule has 0 atom stereocenters. The van der Waals surface area contributed by atoms with Gasteiger partial charge in [0.15, 0.2) is 0 Å². The number of hydrogen-bond acceptors (Lipinski definition) is 3. The van der Waals surface area contributed by atoms with E-state index in [9.17, 15) is 0 Å². The second-order valence-corrected chi connectivity index (χ2v) is 6.80. The van der Waals surface area contributed by atoms with E-state index in [1.165, 1.54) is 83.6 Å². The molecule has 0 aromatic rings. The third kappa shape index (κ3) is 7.19. The van der Waals surface area contributed by atoms with E-state index in [-0.39, 0.29) is 0 Å². The minimum atomic E-state index is 0.972. The highest BCUT2D eigenvalue weighted by atomic mass is 15.1. The molecule has 20 heavy (non-hydrogen) atoms. The van der Waals surface area contributed by atoms with E-state index >= 15 is 0 Å². The zero-order chi connectivity index (χ0) is 13.9. The Morgan fingerprint density at radius 2 is 1.25 bits per heavy atom. The predicted molar refractivity (Wildman–Crippen MR) is 93.3 cm³/mol. The summed E-state index contributed by atoms with van der Waals surface area (Å²) in [4.78, 5) is 0. The summed E-state index contributed by atoms with van der Waals surface area (Å²) in [5, 5.41) is 6.79. The first-order chi connectivity index (χ1) is 9.95. The molecule has 0 aromatic carbocycles. The molecule has 2 fully saturated rings. The zero-order valence-corrected chi connectivity index (χ0v) is 13.3. The number of nitrogens with zero attached hydrogens (tertiary/aromatic N) is 1. The van der Waals surface area contributed by atoms with Crippen LogP contribution in [0.25, 0.3) is 0 Å². The molecule has 2 N–H and O–H groups in total. The Hall–Kier alpha value is 0.0748. The quantitative estimate of drug-likeness (QED) is 0.766. The number of nitrogens with one attached hydrogen (secondary N) is 2. The van der Waals surface area contributed by atoms with Crippen LogP contribution in [0, 0.1) is 5.92 Å². The lowest BCUT2D eigenvalue weighted by atomic mass is 9.79. The van der Waals surface area contributed by atoms with Gasteiger partial charge in [-0.05, 0) is 18.9 Å². The van der Waals surface area contributed by atoms with Gasteiger partial charge in [0.05, 0.1) is 0 Å². The summed E-state index contributed by atoms with van der Waals surface area (Å²) >= 11 is 0. The van der Waals surface area contributed by atoms with E-state index < -0.39 is 0 Å². The van der Waals surface area contributed by atoms with Gasteiger partial charge in [0, 0.05) is 0 Å². The summed E-state index contributed by atoms with van der Waals surface area (Å²) in [5.74, 6) is 0.983. The van der Waals surface area contributed by atoms with Crippen LogP contribution in [0.1, 0.15) is 77.0 Å². The molecule has 0 radical (unpaired) electrons. The Morgan fingerprint density at radius 1 is 0.750 bits per heavy atom. The van der Waals surface area contributed by atoms with Gasteiger partial charge in [-0.25, -0.2) is 0 Å². The van der Waals surface area contributed by atoms with Crippen LogP contribution >= 0.6 is 0 Å². The topological polar surface area (TPSA) is 27.3 Å². The molecule has 2 rings (SSSR count). The van der Waals surface area contributed by atoms with Crippen LogP contribution in [0.15, 0.2) is 0 Å². The lowest BCUT2D eigenvalue weighted by molar-refractivity contribution is 0.359. The highest BCUT2D eigenvalue weighted by molar-refractivity contribution is 6.65. The fraction of sp³-hybridized carbons (Fsp3) is 1.00. The maximum absolute atomic E-state index is 3.39. The van der Waals surface area contributed by atoms with Crippen molar-refractivity contribution >= 4 is 22.6 Å². The van der Waals surface area contributed by atoms with Crippen LogP contribution in [0.2, 0.25) is 0 Å². The highest BCUT2D eigenvalue weighted by Crippen LogP contribution is 2.23. The van der Waals surface area contributed by atoms with Crippen molar-refractivity contribution < 1.29 is 0 Å². The van der Waals surface area contributed by atoms with Crippen LogP contribution in [0.4, 0.5) is 0 Å². The third-order valence-electron chi connectivity index (χ3n) is 5.00. The minimum Gasteiger partial charge on any atom is -0.377 e. The summed E-state index contributed by atoms with van der Waals surface area (Å²) in [6, 6.07) is 0. The van der Waals surface area contributed by atoms with Crippen molar-refractivity contribution in [3.63, 3.8) is 0 Å². The Labute approximate surface area is 127 Å². The van der Waals surface area contributed by atoms with Crippen LogP contribution in [-0.2, 0) is 0 Å². The SMILES string of the molecule is B1NBN(CCC2CCCCCCCCCCC2)BN1. The van der Waals surface area contributed by atoms with Crippen LogP contribution in [0.3, 0.4) is 0 Å². The number of rotatable bonds is 3. The van der Waals surface area contributed by atoms with Gasteiger partial charge in [-0.3, -0.25) is 0 Å². The smallest absolute Gasteiger partial charge is 0.267 e. The van der Waals surface area contributed by atoms with E-state index in [1.54, 1.807) is 0 Å². The van der Waals surface area contributed by atoms with Gasteiger partial charge >= 0.3 is 0 Å². The van der Waals surface area contributed by atoms with Crippen molar-refractivity contribution in [2.45, 2.75) is 77.0 Å². The van der Waals surface area contributed by atoms with Crippen molar-refractivity contribution in [3.05, 3.63) is 0 Å². The molecule has 1 aliphatic carbocycles. The first-order valence-corrected chi connectivity index (χ1v) is 9.09. The molecule has 0 spiro atoms. The maximum atomic E-state index is 3.39. The molecule has 6 heteroatoms. The molecule has 1 aliphatic heterocycles. The average molecular weight is 275 g/mol. The van der Waals surface area contributed by atoms with E-state index in [4.69, 9.17) is 0 Å². The molecule has 2 aliphatic rings. The van der Waals surface area contributed by atoms with Gasteiger partial charge < -0.3 is 15.0 Å². The standard InChI is InChI=1S/C14H32B3N3/c1-2-4-6-8-10-14(11-9-7-5-3-1)12-13-20-16-18-15-19-17-20/h14-19H,1-13H2. The Bertz CT molecular complexity index is 226. The van der Waals surface area contributed by atoms with Crippen molar-refractivity contribution in [1.29, 1.82) is 0 Å². The summed E-state index contributed by atoms with van der Waals surface area (Å²) < 4.78 is 2.51. The Kier molecular flexibility index (Phi) is 8.84. The first kappa shape index (κ1) is 16.4. The van der Waals surface area contributed by atoms with Gasteiger partial charge in [-0.15, -0.1) is 0 Å². The van der Waals surface area contributed by atoms with Gasteiger partial charge in [0.25, 0.3) is 22.6 Å². The molecule has 0 amide bonds. The first-order valence-electron chi connectivity index (χ1n) is 9.09. The molecule has 1 saturated heterocycles. The zero-order valence-electron chi connectivity index (χ0n) is 13.3. The third-order valence-corrected chi connectivity index (χ3v) is 5.00. The number of hydrogen-bond donors (Lipinski definition) is 2. The Balaban J connectivity index is 1.65. The van der Waals surface area contributed by atoms with E-state index in [0.717, 1.165) is 28.6 Å². The lowest BCUT2D eigenvalue weighted by Gasteiger charge is -2.28. The molecular weight excluding hydrogens is 243 g/mol. The van der Waals surface area contributed by atoms with Crippen molar-refractivity contribution in [3.8, 4) is 0 Å². The second kappa shape index (κ2) is 10.8. The normalized spacial score (nSPS) is 24.6. The molecule has 1 saturated carbocycles. The molecule has 0 aromatic heterocycles. The van der Waals surface area contributed by atoms with E-state index in [2.05, 4.69) is 15.0 Å². The molecule has 1 heterocycles. The highest BCUT2D eigenvalue weighted by Gasteiger charge is 2.16. The average Bonchev–Trinajstić information content (AvgIpc) is 2.48. The van der Waals surface area contributed by atoms with Crippen LogP contribution in [0.5, 0.6) is 0 Å². The van der Waals surface area contributed by atoms with Gasteiger partial charge in [0.2, 0.25) is 0 Å². The monoisotopic (exact) mass is 275 g/mol. The van der Waals surface area contributed by atoms with Crippen LogP contribution in [-0.4, -0.2) is 33.9 Å². The molecular formula is C14H32B3N3. The minimum absolute atomic E-state index is 0.972. The van der Waals surface area contributed by atoms with Crippen molar-refractivity contribution in [2.24, 2.45) is 5.92 Å². The Morgan fingerprint density at radius 3 is 1.80 bits per heavy atom. The van der Waals surface area contributed by atoms with Crippen LogP contribution < -0.4 is 10.3 Å². The summed E-state index contributed by atoms with van der Waals surface area (Å²) in [6.45, 7) is 1.27. The predicted octanol–water partition coefficient (Wildman–Crippen LogP) is 1.59. The van der Waals surface area contributed by atoms with Crippen molar-refractivity contribution in [2.75, 3.05) is 6.54 Å². The van der Waals surface area contributed by atoms with Gasteiger partial charge in [0.1, 0.15) is 0 Å². The fourth-order valence-electron chi connectivity index (χ4n) is 3.63. The maximum Gasteiger partial charge on any atom is 0.267 e. The largest absolute Gasteiger partial charge is 0.377 e. The summed E-state index contributed by atoms with van der Waals surface area (Å²) in [5.41, 5.74) is 0. The molecule has 0 unspecified atom stereocenters. The molecule has 112 valence electrons. The molecule has 3 nitrogen and oxygen atoms in total. The van der Waals surface area contributed by atoms with Crippen molar-refractivity contribution in [1.82, 2.24) is 15.0 Å². The second-order valence-electron chi connectivity index (χ2n) is 6.80.